The number of fused-ring (bicyclic) bond motifs is 1. The maximum Gasteiger partial charge on any atom is 0.161 e. The van der Waals surface area contributed by atoms with Gasteiger partial charge in [-0.15, -0.1) is 0 Å². The van der Waals surface area contributed by atoms with Crippen molar-refractivity contribution >= 4 is 6.29 Å². The quantitative estimate of drug-likeness (QED) is 0.488. The van der Waals surface area contributed by atoms with Crippen molar-refractivity contribution in [2.45, 2.75) is 19.9 Å². The van der Waals surface area contributed by atoms with E-state index in [4.69, 9.17) is 9.47 Å². The minimum Gasteiger partial charge on any atom is -0.486 e. The molecule has 1 heterocycles. The van der Waals surface area contributed by atoms with Gasteiger partial charge in [-0.1, -0.05) is 13.0 Å². The van der Waals surface area contributed by atoms with E-state index in [0.717, 1.165) is 35.5 Å². The van der Waals surface area contributed by atoms with Crippen LogP contribution >= 0.6 is 0 Å². The molecule has 0 saturated carbocycles. The average molecular weight is 276 g/mol. The Bertz CT molecular complexity index is 500. The number of aldehydes is 1. The molecule has 1 aliphatic rings. The van der Waals surface area contributed by atoms with Crippen LogP contribution in [0, 0.1) is 0 Å². The van der Waals surface area contributed by atoms with Crippen LogP contribution in [0.3, 0.4) is 0 Å². The largest absolute Gasteiger partial charge is 0.486 e. The number of carbonyl (C=O) groups is 1. The second-order valence-electron chi connectivity index (χ2n) is 4.63. The van der Waals surface area contributed by atoms with Crippen molar-refractivity contribution in [3.8, 4) is 11.5 Å². The summed E-state index contributed by atoms with van der Waals surface area (Å²) in [5.41, 5.74) is 5.19. The molecule has 1 aliphatic heterocycles. The standard InChI is InChI=1S/C15H20N2O3/c1-3-13(6-7-18)16-17(2)11-12-4-5-14-15(10-12)20-9-8-19-14/h4-7,10,16H,3,8-9,11H2,1-2H3/b13-6-. The lowest BCUT2D eigenvalue weighted by atomic mass is 10.2. The summed E-state index contributed by atoms with van der Waals surface area (Å²) in [6.45, 7) is 3.89. The number of rotatable bonds is 6. The van der Waals surface area contributed by atoms with Crippen LogP contribution in [0.4, 0.5) is 0 Å². The van der Waals surface area contributed by atoms with E-state index in [2.05, 4.69) is 5.43 Å². The van der Waals surface area contributed by atoms with E-state index < -0.39 is 0 Å². The first-order valence-corrected chi connectivity index (χ1v) is 6.73. The van der Waals surface area contributed by atoms with Crippen molar-refractivity contribution in [1.29, 1.82) is 0 Å². The van der Waals surface area contributed by atoms with Crippen LogP contribution in [0.15, 0.2) is 30.0 Å². The van der Waals surface area contributed by atoms with Crippen molar-refractivity contribution in [2.24, 2.45) is 0 Å². The lowest BCUT2D eigenvalue weighted by Crippen LogP contribution is -2.33. The Morgan fingerprint density at radius 2 is 2.10 bits per heavy atom. The lowest BCUT2D eigenvalue weighted by Gasteiger charge is -2.22. The number of hydrogen-bond donors (Lipinski definition) is 1. The average Bonchev–Trinajstić information content (AvgIpc) is 2.46. The van der Waals surface area contributed by atoms with Gasteiger partial charge in [0, 0.05) is 19.3 Å². The molecule has 0 amide bonds. The van der Waals surface area contributed by atoms with Gasteiger partial charge in [0.05, 0.1) is 0 Å². The van der Waals surface area contributed by atoms with E-state index >= 15 is 0 Å². The third-order valence-corrected chi connectivity index (χ3v) is 3.01. The molecule has 0 unspecified atom stereocenters. The fourth-order valence-corrected chi connectivity index (χ4v) is 2.06. The fraction of sp³-hybridized carbons (Fsp3) is 0.400. The monoisotopic (exact) mass is 276 g/mol. The molecule has 108 valence electrons. The highest BCUT2D eigenvalue weighted by atomic mass is 16.6. The van der Waals surface area contributed by atoms with Crippen molar-refractivity contribution in [1.82, 2.24) is 10.4 Å². The SMILES string of the molecule is CC/C(=C/C=O)NN(C)Cc1ccc2c(c1)OCCO2. The molecule has 0 aromatic heterocycles. The summed E-state index contributed by atoms with van der Waals surface area (Å²) in [6, 6.07) is 5.93. The van der Waals surface area contributed by atoms with E-state index in [1.54, 1.807) is 6.08 Å². The van der Waals surface area contributed by atoms with E-state index in [1.807, 2.05) is 37.2 Å². The summed E-state index contributed by atoms with van der Waals surface area (Å²) in [5.74, 6) is 1.59. The van der Waals surface area contributed by atoms with Gasteiger partial charge in [0.25, 0.3) is 0 Å². The van der Waals surface area contributed by atoms with Crippen LogP contribution in [0.1, 0.15) is 18.9 Å². The Kier molecular flexibility index (Phi) is 5.01. The minimum absolute atomic E-state index is 0.590. The highest BCUT2D eigenvalue weighted by Crippen LogP contribution is 2.30. The van der Waals surface area contributed by atoms with Gasteiger partial charge >= 0.3 is 0 Å². The van der Waals surface area contributed by atoms with Crippen LogP contribution in [0.5, 0.6) is 11.5 Å². The number of ether oxygens (including phenoxy) is 2. The fourth-order valence-electron chi connectivity index (χ4n) is 2.06. The van der Waals surface area contributed by atoms with Crippen LogP contribution in [-0.2, 0) is 11.3 Å². The summed E-state index contributed by atoms with van der Waals surface area (Å²) >= 11 is 0. The Labute approximate surface area is 119 Å². The number of allylic oxidation sites excluding steroid dienone is 2. The normalized spacial score (nSPS) is 14.2. The number of carbonyl (C=O) groups excluding carboxylic acids is 1. The van der Waals surface area contributed by atoms with Gasteiger partial charge in [-0.05, 0) is 30.2 Å². The first kappa shape index (κ1) is 14.4. The first-order valence-electron chi connectivity index (χ1n) is 6.73. The lowest BCUT2D eigenvalue weighted by molar-refractivity contribution is -0.104. The molecule has 0 spiro atoms. The van der Waals surface area contributed by atoms with Gasteiger partial charge in [-0.3, -0.25) is 4.79 Å². The van der Waals surface area contributed by atoms with Crippen molar-refractivity contribution in [3.63, 3.8) is 0 Å². The zero-order valence-electron chi connectivity index (χ0n) is 11.9. The molecule has 0 aliphatic carbocycles. The summed E-state index contributed by atoms with van der Waals surface area (Å²) in [6.07, 6.45) is 3.12. The van der Waals surface area contributed by atoms with Crippen molar-refractivity contribution in [3.05, 3.63) is 35.5 Å². The van der Waals surface area contributed by atoms with Crippen molar-refractivity contribution < 1.29 is 14.3 Å². The number of benzene rings is 1. The van der Waals surface area contributed by atoms with Gasteiger partial charge in [-0.25, -0.2) is 5.01 Å². The van der Waals surface area contributed by atoms with Gasteiger partial charge in [0.15, 0.2) is 11.5 Å². The van der Waals surface area contributed by atoms with E-state index in [9.17, 15) is 4.79 Å². The van der Waals surface area contributed by atoms with Gasteiger partial charge in [0.1, 0.15) is 19.5 Å². The Balaban J connectivity index is 1.99. The molecule has 0 radical (unpaired) electrons. The molecule has 5 nitrogen and oxygen atoms in total. The molecule has 0 saturated heterocycles. The molecule has 5 heteroatoms. The summed E-state index contributed by atoms with van der Waals surface area (Å²) in [4.78, 5) is 10.5. The first-order chi connectivity index (χ1) is 9.72. The molecule has 0 fully saturated rings. The highest BCUT2D eigenvalue weighted by molar-refractivity contribution is 5.65. The van der Waals surface area contributed by atoms with Gasteiger partial charge < -0.3 is 14.9 Å². The van der Waals surface area contributed by atoms with Crippen LogP contribution in [-0.4, -0.2) is 31.6 Å². The molecule has 0 bridgehead atoms. The zero-order valence-corrected chi connectivity index (χ0v) is 11.9. The maximum absolute atomic E-state index is 10.5. The van der Waals surface area contributed by atoms with Gasteiger partial charge in [-0.2, -0.15) is 0 Å². The summed E-state index contributed by atoms with van der Waals surface area (Å²) in [7, 11) is 1.94. The second kappa shape index (κ2) is 6.96. The number of hydrazine groups is 1. The number of nitrogens with one attached hydrogen (secondary N) is 1. The predicted octanol–water partition coefficient (Wildman–Crippen LogP) is 1.89. The third-order valence-electron chi connectivity index (χ3n) is 3.01. The molecule has 20 heavy (non-hydrogen) atoms. The number of nitrogens with zero attached hydrogens (tertiary/aromatic N) is 1. The maximum atomic E-state index is 10.5. The molecule has 0 atom stereocenters. The minimum atomic E-state index is 0.590. The van der Waals surface area contributed by atoms with E-state index in [-0.39, 0.29) is 0 Å². The topological polar surface area (TPSA) is 50.8 Å². The van der Waals surface area contributed by atoms with Gasteiger partial charge in [0.2, 0.25) is 0 Å². The molecule has 2 rings (SSSR count). The summed E-state index contributed by atoms with van der Waals surface area (Å²) < 4.78 is 11.1. The van der Waals surface area contributed by atoms with Crippen LogP contribution < -0.4 is 14.9 Å². The highest BCUT2D eigenvalue weighted by Gasteiger charge is 2.12. The summed E-state index contributed by atoms with van der Waals surface area (Å²) in [5, 5.41) is 1.93. The molecule has 1 N–H and O–H groups in total. The van der Waals surface area contributed by atoms with Crippen molar-refractivity contribution in [2.75, 3.05) is 20.3 Å². The zero-order chi connectivity index (χ0) is 14.4. The Morgan fingerprint density at radius 3 is 2.80 bits per heavy atom. The molecule has 1 aromatic carbocycles. The Hall–Kier alpha value is -2.01. The van der Waals surface area contributed by atoms with Crippen LogP contribution in [0.25, 0.3) is 0 Å². The predicted molar refractivity (Wildman–Crippen MR) is 76.5 cm³/mol. The van der Waals surface area contributed by atoms with E-state index in [0.29, 0.717) is 19.8 Å². The molecular formula is C15H20N2O3. The molecular weight excluding hydrogens is 256 g/mol. The van der Waals surface area contributed by atoms with E-state index in [1.165, 1.54) is 0 Å². The number of hydrogen-bond acceptors (Lipinski definition) is 5. The van der Waals surface area contributed by atoms with Crippen LogP contribution in [0.2, 0.25) is 0 Å². The third kappa shape index (κ3) is 3.74. The molecule has 1 aromatic rings. The Morgan fingerprint density at radius 1 is 1.35 bits per heavy atom. The smallest absolute Gasteiger partial charge is 0.161 e. The second-order valence-corrected chi connectivity index (χ2v) is 4.63.